The highest BCUT2D eigenvalue weighted by atomic mass is 79.9. The minimum absolute atomic E-state index is 0.192. The fraction of sp³-hybridized carbons (Fsp3) is 0.588. The molecule has 0 fully saturated rings. The monoisotopic (exact) mass is 341 g/mol. The number of aryl methyl sites for hydroxylation is 1. The molecule has 2 nitrogen and oxygen atoms in total. The molecule has 3 heteroatoms. The number of carbonyl (C=O) groups is 1. The molecule has 0 aliphatic rings. The number of amides is 1. The highest BCUT2D eigenvalue weighted by molar-refractivity contribution is 9.10. The van der Waals surface area contributed by atoms with Gasteiger partial charge in [0.2, 0.25) is 5.91 Å². The highest BCUT2D eigenvalue weighted by Crippen LogP contribution is 2.26. The van der Waals surface area contributed by atoms with Crippen molar-refractivity contribution in [2.75, 3.05) is 4.90 Å². The van der Waals surface area contributed by atoms with Crippen LogP contribution in [0.25, 0.3) is 0 Å². The summed E-state index contributed by atoms with van der Waals surface area (Å²) in [7, 11) is 0. The average Bonchev–Trinajstić information content (AvgIpc) is 2.45. The minimum atomic E-state index is 0.192. The number of carbonyl (C=O) groups excluding carboxylic acids is 1. The molecule has 0 spiro atoms. The fourth-order valence-electron chi connectivity index (χ4n) is 2.14. The molecule has 20 heavy (non-hydrogen) atoms. The first-order chi connectivity index (χ1) is 9.51. The topological polar surface area (TPSA) is 20.3 Å². The number of benzene rings is 1. The molecule has 1 amide bonds. The van der Waals surface area contributed by atoms with Gasteiger partial charge in [-0.2, -0.15) is 0 Å². The summed E-state index contributed by atoms with van der Waals surface area (Å²) in [5, 5.41) is 0. The Morgan fingerprint density at radius 1 is 1.30 bits per heavy atom. The van der Waals surface area contributed by atoms with Crippen LogP contribution in [0, 0.1) is 6.92 Å². The van der Waals surface area contributed by atoms with E-state index in [0.717, 1.165) is 28.6 Å². The molecular weight excluding hydrogens is 314 g/mol. The Hall–Kier alpha value is -0.830. The summed E-state index contributed by atoms with van der Waals surface area (Å²) in [6.07, 6.45) is 2.66. The van der Waals surface area contributed by atoms with Gasteiger partial charge >= 0.3 is 0 Å². The maximum Gasteiger partial charge on any atom is 0.226 e. The van der Waals surface area contributed by atoms with Crippen LogP contribution in [0.1, 0.15) is 59.4 Å². The van der Waals surface area contributed by atoms with Crippen molar-refractivity contribution in [2.45, 2.75) is 66.8 Å². The molecule has 1 aromatic carbocycles. The van der Waals surface area contributed by atoms with E-state index in [1.54, 1.807) is 0 Å². The maximum absolute atomic E-state index is 12.1. The van der Waals surface area contributed by atoms with Crippen LogP contribution < -0.4 is 4.90 Å². The van der Waals surface area contributed by atoms with Crippen LogP contribution in [-0.4, -0.2) is 11.9 Å². The van der Waals surface area contributed by atoms with E-state index >= 15 is 0 Å². The summed E-state index contributed by atoms with van der Waals surface area (Å²) in [6.45, 7) is 12.2. The number of nitrogens with zero attached hydrogens (tertiary/aromatic N) is 1. The van der Waals surface area contributed by atoms with Gasteiger partial charge in [-0.3, -0.25) is 4.79 Å². The Bertz CT molecular complexity index is 417. The van der Waals surface area contributed by atoms with Crippen molar-refractivity contribution in [3.8, 4) is 0 Å². The molecule has 1 atom stereocenters. The van der Waals surface area contributed by atoms with E-state index in [2.05, 4.69) is 35.8 Å². The lowest BCUT2D eigenvalue weighted by molar-refractivity contribution is -0.118. The first-order valence-electron chi connectivity index (χ1n) is 7.59. The molecule has 0 N–H and O–H groups in total. The van der Waals surface area contributed by atoms with E-state index in [9.17, 15) is 4.79 Å². The van der Waals surface area contributed by atoms with Crippen LogP contribution in [0.5, 0.6) is 0 Å². The van der Waals surface area contributed by atoms with E-state index in [-0.39, 0.29) is 11.9 Å². The summed E-state index contributed by atoms with van der Waals surface area (Å²) in [4.78, 5) is 14.1. The molecule has 0 aromatic heterocycles. The zero-order chi connectivity index (χ0) is 15.7. The molecule has 0 aliphatic carbocycles. The second kappa shape index (κ2) is 9.98. The summed E-state index contributed by atoms with van der Waals surface area (Å²) in [5.41, 5.74) is 2.16. The molecule has 0 heterocycles. The smallest absolute Gasteiger partial charge is 0.226 e. The third-order valence-corrected chi connectivity index (χ3v) is 4.03. The van der Waals surface area contributed by atoms with Gasteiger partial charge in [0.15, 0.2) is 0 Å². The molecule has 1 aromatic rings. The predicted octanol–water partition coefficient (Wildman–Crippen LogP) is 5.72. The summed E-state index contributed by atoms with van der Waals surface area (Å²) >= 11 is 3.50. The Labute approximate surface area is 132 Å². The zero-order valence-electron chi connectivity index (χ0n) is 13.7. The van der Waals surface area contributed by atoms with Crippen molar-refractivity contribution >= 4 is 27.5 Å². The molecule has 0 radical (unpaired) electrons. The fourth-order valence-corrected chi connectivity index (χ4v) is 2.39. The van der Waals surface area contributed by atoms with Crippen LogP contribution >= 0.6 is 15.9 Å². The third kappa shape index (κ3) is 5.28. The van der Waals surface area contributed by atoms with Crippen molar-refractivity contribution in [1.82, 2.24) is 0 Å². The third-order valence-electron chi connectivity index (χ3n) is 3.14. The lowest BCUT2D eigenvalue weighted by Crippen LogP contribution is -2.38. The predicted molar refractivity (Wildman–Crippen MR) is 92.4 cm³/mol. The Morgan fingerprint density at radius 3 is 2.35 bits per heavy atom. The van der Waals surface area contributed by atoms with E-state index in [0.29, 0.717) is 6.42 Å². The molecule has 1 rings (SSSR count). The average molecular weight is 342 g/mol. The number of halogens is 1. The van der Waals surface area contributed by atoms with Gasteiger partial charge in [0, 0.05) is 22.6 Å². The van der Waals surface area contributed by atoms with Crippen molar-refractivity contribution in [3.63, 3.8) is 0 Å². The van der Waals surface area contributed by atoms with E-state index < -0.39 is 0 Å². The second-order valence-electron chi connectivity index (χ2n) is 4.69. The van der Waals surface area contributed by atoms with Crippen molar-refractivity contribution in [2.24, 2.45) is 0 Å². The maximum atomic E-state index is 12.1. The largest absolute Gasteiger partial charge is 0.310 e. The van der Waals surface area contributed by atoms with Crippen LogP contribution in [0.2, 0.25) is 0 Å². The summed E-state index contributed by atoms with van der Waals surface area (Å²) in [6, 6.07) is 6.35. The van der Waals surface area contributed by atoms with Crippen molar-refractivity contribution in [1.29, 1.82) is 0 Å². The van der Waals surface area contributed by atoms with Crippen molar-refractivity contribution in [3.05, 3.63) is 28.2 Å². The van der Waals surface area contributed by atoms with E-state index in [1.165, 1.54) is 0 Å². The quantitative estimate of drug-likeness (QED) is 0.670. The summed E-state index contributed by atoms with van der Waals surface area (Å²) < 4.78 is 1.08. The standard InChI is InChI=1S/C15H22BrNO.C2H6/c1-5-7-12(4)17(15(18)6-2)13-8-9-14(16)11(3)10-13;1-2/h8-10,12H,5-7H2,1-4H3;1-2H3. The van der Waals surface area contributed by atoms with Crippen LogP contribution in [0.3, 0.4) is 0 Å². The van der Waals surface area contributed by atoms with Gasteiger partial charge < -0.3 is 4.90 Å². The van der Waals surface area contributed by atoms with E-state index in [4.69, 9.17) is 0 Å². The minimum Gasteiger partial charge on any atom is -0.310 e. The van der Waals surface area contributed by atoms with Gasteiger partial charge in [0.1, 0.15) is 0 Å². The van der Waals surface area contributed by atoms with Gasteiger partial charge in [-0.15, -0.1) is 0 Å². The first kappa shape index (κ1) is 19.2. The first-order valence-corrected chi connectivity index (χ1v) is 8.38. The highest BCUT2D eigenvalue weighted by Gasteiger charge is 2.20. The molecule has 0 saturated heterocycles. The molecule has 0 aliphatic heterocycles. The SMILES string of the molecule is CC.CCCC(C)N(C(=O)CC)c1ccc(Br)c(C)c1. The van der Waals surface area contributed by atoms with Gasteiger partial charge in [-0.05, 0) is 44.0 Å². The molecule has 114 valence electrons. The van der Waals surface area contributed by atoms with Gasteiger partial charge in [0.05, 0.1) is 0 Å². The lowest BCUT2D eigenvalue weighted by Gasteiger charge is -2.29. The van der Waals surface area contributed by atoms with Crippen LogP contribution in [0.4, 0.5) is 5.69 Å². The number of rotatable bonds is 5. The normalized spacial score (nSPS) is 11.3. The Balaban J connectivity index is 0.00000172. The zero-order valence-corrected chi connectivity index (χ0v) is 15.3. The molecule has 0 bridgehead atoms. The Morgan fingerprint density at radius 2 is 1.90 bits per heavy atom. The van der Waals surface area contributed by atoms with Gasteiger partial charge in [-0.25, -0.2) is 0 Å². The molecule has 0 saturated carbocycles. The molecular formula is C17H28BrNO. The van der Waals surface area contributed by atoms with Crippen LogP contribution in [0.15, 0.2) is 22.7 Å². The van der Waals surface area contributed by atoms with Crippen molar-refractivity contribution < 1.29 is 4.79 Å². The lowest BCUT2D eigenvalue weighted by atomic mass is 10.1. The summed E-state index contributed by atoms with van der Waals surface area (Å²) in [5.74, 6) is 0.192. The van der Waals surface area contributed by atoms with Crippen LogP contribution in [-0.2, 0) is 4.79 Å². The number of hydrogen-bond acceptors (Lipinski definition) is 1. The Kier molecular flexibility index (Phi) is 9.56. The number of anilines is 1. The van der Waals surface area contributed by atoms with Gasteiger partial charge in [0.25, 0.3) is 0 Å². The molecule has 1 unspecified atom stereocenters. The van der Waals surface area contributed by atoms with E-state index in [1.807, 2.05) is 44.7 Å². The van der Waals surface area contributed by atoms with Gasteiger partial charge in [-0.1, -0.05) is 50.0 Å². The number of hydrogen-bond donors (Lipinski definition) is 0. The second-order valence-corrected chi connectivity index (χ2v) is 5.54.